The van der Waals surface area contributed by atoms with Crippen LogP contribution >= 0.6 is 0 Å². The first-order valence-electron chi connectivity index (χ1n) is 7.75. The molecule has 25 heavy (non-hydrogen) atoms. The van der Waals surface area contributed by atoms with Crippen molar-refractivity contribution >= 4 is 12.0 Å². The van der Waals surface area contributed by atoms with Crippen LogP contribution in [-0.2, 0) is 11.3 Å². The summed E-state index contributed by atoms with van der Waals surface area (Å²) in [4.78, 5) is 23.5. The van der Waals surface area contributed by atoms with Gasteiger partial charge in [0.25, 0.3) is 5.91 Å². The topological polar surface area (TPSA) is 121 Å². The molecule has 0 fully saturated rings. The number of hydrogen-bond acceptors (Lipinski definition) is 6. The zero-order valence-electron chi connectivity index (χ0n) is 13.5. The number of aliphatic hydroxyl groups excluding tert-OH is 1. The van der Waals surface area contributed by atoms with Gasteiger partial charge in [-0.2, -0.15) is 0 Å². The normalized spacial score (nSPS) is 11.7. The summed E-state index contributed by atoms with van der Waals surface area (Å²) in [5.74, 6) is -1.75. The number of benzene rings is 1. The number of aromatic nitrogens is 1. The molecule has 1 atom stereocenters. The van der Waals surface area contributed by atoms with Gasteiger partial charge >= 0.3 is 6.09 Å². The number of rotatable bonds is 7. The average Bonchev–Trinajstić information content (AvgIpc) is 2.95. The highest BCUT2D eigenvalue weighted by Gasteiger charge is 2.21. The standard InChI is InChI=1S/C17H20N2O6/c20-13(16(23)19-14(21)8-9-15(19)22)7-4-10-18-17(24)25-11-12-5-2-1-3-6-12/h1-3,5-6,8-9,13,20-22H,4,7,10-11H2,(H,18,24)/t13-/m0/s1. The molecule has 0 spiro atoms. The van der Waals surface area contributed by atoms with Gasteiger partial charge < -0.3 is 25.4 Å². The van der Waals surface area contributed by atoms with Crippen LogP contribution in [0.15, 0.2) is 42.5 Å². The molecule has 0 aliphatic carbocycles. The first-order valence-corrected chi connectivity index (χ1v) is 7.75. The number of alkyl carbamates (subject to hydrolysis) is 1. The van der Waals surface area contributed by atoms with Gasteiger partial charge in [0.05, 0.1) is 0 Å². The van der Waals surface area contributed by atoms with Crippen molar-refractivity contribution in [2.24, 2.45) is 0 Å². The Kier molecular flexibility index (Phi) is 6.41. The lowest BCUT2D eigenvalue weighted by Gasteiger charge is -2.12. The molecule has 1 heterocycles. The minimum atomic E-state index is -1.41. The van der Waals surface area contributed by atoms with E-state index < -0.39 is 29.9 Å². The molecule has 0 unspecified atom stereocenters. The van der Waals surface area contributed by atoms with Crippen molar-refractivity contribution in [3.05, 3.63) is 48.0 Å². The second-order valence-electron chi connectivity index (χ2n) is 5.37. The summed E-state index contributed by atoms with van der Waals surface area (Å²) in [7, 11) is 0. The molecule has 1 amide bonds. The van der Waals surface area contributed by atoms with E-state index in [2.05, 4.69) is 5.32 Å². The van der Waals surface area contributed by atoms with Crippen molar-refractivity contribution in [1.82, 2.24) is 9.88 Å². The fourth-order valence-electron chi connectivity index (χ4n) is 2.17. The van der Waals surface area contributed by atoms with Gasteiger partial charge in [0, 0.05) is 18.7 Å². The number of carbonyl (C=O) groups excluding carboxylic acids is 2. The number of aliphatic hydroxyl groups is 1. The van der Waals surface area contributed by atoms with E-state index in [1.165, 1.54) is 0 Å². The second kappa shape index (κ2) is 8.74. The Morgan fingerprint density at radius 3 is 2.36 bits per heavy atom. The van der Waals surface area contributed by atoms with E-state index in [1.807, 2.05) is 30.3 Å². The molecule has 0 aliphatic rings. The van der Waals surface area contributed by atoms with Crippen LogP contribution in [0.4, 0.5) is 4.79 Å². The number of ether oxygens (including phenoxy) is 1. The van der Waals surface area contributed by atoms with Crippen LogP contribution in [-0.4, -0.2) is 44.5 Å². The van der Waals surface area contributed by atoms with E-state index in [-0.39, 0.29) is 19.6 Å². The van der Waals surface area contributed by atoms with Gasteiger partial charge in [-0.15, -0.1) is 0 Å². The highest BCUT2D eigenvalue weighted by molar-refractivity contribution is 5.86. The molecule has 1 aromatic carbocycles. The molecule has 4 N–H and O–H groups in total. The van der Waals surface area contributed by atoms with E-state index in [9.17, 15) is 24.9 Å². The lowest BCUT2D eigenvalue weighted by molar-refractivity contribution is 0.0614. The minimum Gasteiger partial charge on any atom is -0.494 e. The van der Waals surface area contributed by atoms with Crippen molar-refractivity contribution < 1.29 is 29.6 Å². The van der Waals surface area contributed by atoms with Crippen molar-refractivity contribution in [3.8, 4) is 11.8 Å². The zero-order chi connectivity index (χ0) is 18.2. The Balaban J connectivity index is 1.66. The monoisotopic (exact) mass is 348 g/mol. The Labute approximate surface area is 144 Å². The third-order valence-corrected chi connectivity index (χ3v) is 3.48. The van der Waals surface area contributed by atoms with Crippen molar-refractivity contribution in [2.75, 3.05) is 6.54 Å². The highest BCUT2D eigenvalue weighted by atomic mass is 16.5. The smallest absolute Gasteiger partial charge is 0.407 e. The summed E-state index contributed by atoms with van der Waals surface area (Å²) >= 11 is 0. The third kappa shape index (κ3) is 5.25. The lowest BCUT2D eigenvalue weighted by Crippen LogP contribution is -2.29. The summed E-state index contributed by atoms with van der Waals surface area (Å²) in [5.41, 5.74) is 0.866. The Morgan fingerprint density at radius 1 is 1.08 bits per heavy atom. The van der Waals surface area contributed by atoms with Gasteiger partial charge in [-0.1, -0.05) is 30.3 Å². The van der Waals surface area contributed by atoms with E-state index in [0.717, 1.165) is 17.7 Å². The molecule has 8 heteroatoms. The SMILES string of the molecule is O=C(NCCC[C@H](O)C(=O)n1c(O)ccc1O)OCc1ccccc1. The molecule has 8 nitrogen and oxygen atoms in total. The van der Waals surface area contributed by atoms with Crippen LogP contribution in [0.2, 0.25) is 0 Å². The van der Waals surface area contributed by atoms with Crippen LogP contribution in [0.3, 0.4) is 0 Å². The average molecular weight is 348 g/mol. The largest absolute Gasteiger partial charge is 0.494 e. The molecular formula is C17H20N2O6. The Hall–Kier alpha value is -3.00. The van der Waals surface area contributed by atoms with Gasteiger partial charge in [0.15, 0.2) is 0 Å². The number of nitrogens with zero attached hydrogens (tertiary/aromatic N) is 1. The van der Waals surface area contributed by atoms with E-state index in [1.54, 1.807) is 0 Å². The first kappa shape index (κ1) is 18.3. The fraction of sp³-hybridized carbons (Fsp3) is 0.294. The maximum atomic E-state index is 11.9. The molecule has 2 rings (SSSR count). The van der Waals surface area contributed by atoms with Gasteiger partial charge in [-0.3, -0.25) is 4.79 Å². The summed E-state index contributed by atoms with van der Waals surface area (Å²) in [6.07, 6.45) is -1.64. The number of amides is 1. The Morgan fingerprint density at radius 2 is 1.72 bits per heavy atom. The van der Waals surface area contributed by atoms with Crippen LogP contribution in [0.25, 0.3) is 0 Å². The van der Waals surface area contributed by atoms with Crippen LogP contribution in [0, 0.1) is 0 Å². The molecule has 0 aliphatic heterocycles. The highest BCUT2D eigenvalue weighted by Crippen LogP contribution is 2.21. The minimum absolute atomic E-state index is 0.0505. The third-order valence-electron chi connectivity index (χ3n) is 3.48. The van der Waals surface area contributed by atoms with Crippen LogP contribution in [0.1, 0.15) is 23.2 Å². The number of nitrogens with one attached hydrogen (secondary N) is 1. The number of hydrogen-bond donors (Lipinski definition) is 4. The molecule has 0 saturated heterocycles. The van der Waals surface area contributed by atoms with Gasteiger partial charge in [-0.05, 0) is 18.4 Å². The quantitative estimate of drug-likeness (QED) is 0.564. The summed E-state index contributed by atoms with van der Waals surface area (Å²) in [6.45, 7) is 0.363. The van der Waals surface area contributed by atoms with Crippen molar-refractivity contribution in [1.29, 1.82) is 0 Å². The predicted molar refractivity (Wildman–Crippen MR) is 88.3 cm³/mol. The molecule has 134 valence electrons. The zero-order valence-corrected chi connectivity index (χ0v) is 13.5. The second-order valence-corrected chi connectivity index (χ2v) is 5.37. The van der Waals surface area contributed by atoms with Crippen molar-refractivity contribution in [3.63, 3.8) is 0 Å². The number of aromatic hydroxyl groups is 2. The molecule has 1 aromatic heterocycles. The van der Waals surface area contributed by atoms with Gasteiger partial charge in [0.1, 0.15) is 12.7 Å². The maximum Gasteiger partial charge on any atom is 0.407 e. The summed E-state index contributed by atoms with van der Waals surface area (Å²) < 4.78 is 5.64. The van der Waals surface area contributed by atoms with Crippen molar-refractivity contribution in [2.45, 2.75) is 25.6 Å². The van der Waals surface area contributed by atoms with Gasteiger partial charge in [0.2, 0.25) is 11.8 Å². The molecular weight excluding hydrogens is 328 g/mol. The van der Waals surface area contributed by atoms with Crippen LogP contribution < -0.4 is 5.32 Å². The first-order chi connectivity index (χ1) is 12.0. The van der Waals surface area contributed by atoms with E-state index in [0.29, 0.717) is 11.0 Å². The molecule has 0 radical (unpaired) electrons. The van der Waals surface area contributed by atoms with E-state index >= 15 is 0 Å². The molecule has 0 saturated carbocycles. The Bertz CT molecular complexity index is 694. The van der Waals surface area contributed by atoms with Gasteiger partial charge in [-0.25, -0.2) is 9.36 Å². The number of carbonyl (C=O) groups is 2. The fourth-order valence-corrected chi connectivity index (χ4v) is 2.17. The van der Waals surface area contributed by atoms with E-state index in [4.69, 9.17) is 4.74 Å². The lowest BCUT2D eigenvalue weighted by atomic mass is 10.2. The predicted octanol–water partition coefficient (Wildman–Crippen LogP) is 1.61. The summed E-state index contributed by atoms with van der Waals surface area (Å²) in [5, 5.41) is 31.2. The van der Waals surface area contributed by atoms with Crippen LogP contribution in [0.5, 0.6) is 11.8 Å². The molecule has 2 aromatic rings. The maximum absolute atomic E-state index is 11.9. The molecule has 0 bridgehead atoms. The summed E-state index contributed by atoms with van der Waals surface area (Å²) in [6, 6.07) is 11.5.